The maximum atomic E-state index is 13.9. The molecule has 0 bridgehead atoms. The van der Waals surface area contributed by atoms with E-state index in [1.165, 1.54) is 24.2 Å². The Morgan fingerprint density at radius 3 is 2.50 bits per heavy atom. The maximum absolute atomic E-state index is 13.9. The van der Waals surface area contributed by atoms with Crippen molar-refractivity contribution in [2.24, 2.45) is 11.4 Å². The van der Waals surface area contributed by atoms with Crippen LogP contribution in [-0.2, 0) is 26.3 Å². The molecule has 4 aromatic rings. The molecule has 2 aromatic heterocycles. The molecule has 0 saturated carbocycles. The summed E-state index contributed by atoms with van der Waals surface area (Å²) >= 11 is 0. The summed E-state index contributed by atoms with van der Waals surface area (Å²) in [4.78, 5) is 41.8. The fourth-order valence-corrected chi connectivity index (χ4v) is 6.08. The lowest BCUT2D eigenvalue weighted by atomic mass is 10.1. The Kier molecular flexibility index (Phi) is 10.7. The second-order valence-corrected chi connectivity index (χ2v) is 12.0. The van der Waals surface area contributed by atoms with E-state index in [2.05, 4.69) is 41.7 Å². The number of benzene rings is 2. The van der Waals surface area contributed by atoms with Gasteiger partial charge >= 0.3 is 5.97 Å². The molecule has 1 atom stereocenters. The lowest BCUT2D eigenvalue weighted by molar-refractivity contribution is -0.139. The standard InChI is InChI=1S/C32H32N6O5S/c1-23-17-29(38(2)36-23)32(41)35-27-10-7-9-24(19-27)13-14-25-18-26(21-34-20-25)31(40)37-44(42,28-11-5-4-6-12-28)16-8-15-33-22-30(39)43-3/h4-7,9-12,17-21,33H,8,15-16,22H2,1-3H3,(H,35,41). The van der Waals surface area contributed by atoms with Gasteiger partial charge in [0.05, 0.1) is 34.6 Å². The summed E-state index contributed by atoms with van der Waals surface area (Å²) in [5.74, 6) is 4.75. The van der Waals surface area contributed by atoms with Gasteiger partial charge in [-0.15, -0.1) is 0 Å². The van der Waals surface area contributed by atoms with E-state index in [1.54, 1.807) is 73.8 Å². The number of carbonyl (C=O) groups is 3. The molecule has 2 N–H and O–H groups in total. The van der Waals surface area contributed by atoms with Crippen LogP contribution in [0.25, 0.3) is 0 Å². The van der Waals surface area contributed by atoms with Crippen molar-refractivity contribution in [1.82, 2.24) is 20.1 Å². The third kappa shape index (κ3) is 8.70. The van der Waals surface area contributed by atoms with E-state index in [-0.39, 0.29) is 23.8 Å². The summed E-state index contributed by atoms with van der Waals surface area (Å²) in [5, 5.41) is 9.98. The van der Waals surface area contributed by atoms with Crippen LogP contribution in [0.2, 0.25) is 0 Å². The van der Waals surface area contributed by atoms with E-state index < -0.39 is 21.6 Å². The quantitative estimate of drug-likeness (QED) is 0.157. The average molecular weight is 613 g/mol. The predicted octanol–water partition coefficient (Wildman–Crippen LogP) is 3.60. The van der Waals surface area contributed by atoms with Crippen molar-refractivity contribution in [2.75, 3.05) is 31.3 Å². The van der Waals surface area contributed by atoms with Crippen LogP contribution in [0.15, 0.2) is 88.4 Å². The lowest BCUT2D eigenvalue weighted by Crippen LogP contribution is -2.26. The number of nitrogens with zero attached hydrogens (tertiary/aromatic N) is 4. The van der Waals surface area contributed by atoms with Gasteiger partial charge in [-0.1, -0.05) is 36.1 Å². The molecule has 1 unspecified atom stereocenters. The highest BCUT2D eigenvalue weighted by Crippen LogP contribution is 2.17. The highest BCUT2D eigenvalue weighted by Gasteiger charge is 2.17. The summed E-state index contributed by atoms with van der Waals surface area (Å²) in [6.07, 6.45) is 3.28. The van der Waals surface area contributed by atoms with Gasteiger partial charge in [0, 0.05) is 46.9 Å². The lowest BCUT2D eigenvalue weighted by Gasteiger charge is -2.11. The Bertz CT molecular complexity index is 1850. The van der Waals surface area contributed by atoms with Crippen LogP contribution in [0.1, 0.15) is 44.1 Å². The summed E-state index contributed by atoms with van der Waals surface area (Å²) in [7, 11) is -0.102. The van der Waals surface area contributed by atoms with E-state index in [4.69, 9.17) is 0 Å². The minimum atomic E-state index is -3.11. The van der Waals surface area contributed by atoms with E-state index in [0.29, 0.717) is 40.4 Å². The first-order valence-electron chi connectivity index (χ1n) is 13.7. The summed E-state index contributed by atoms with van der Waals surface area (Å²) in [5.41, 5.74) is 2.99. The highest BCUT2D eigenvalue weighted by atomic mass is 32.2. The van der Waals surface area contributed by atoms with Crippen molar-refractivity contribution in [3.05, 3.63) is 107 Å². The van der Waals surface area contributed by atoms with Gasteiger partial charge in [-0.3, -0.25) is 24.0 Å². The van der Waals surface area contributed by atoms with Crippen LogP contribution in [0.4, 0.5) is 5.69 Å². The van der Waals surface area contributed by atoms with E-state index in [0.717, 1.165) is 5.69 Å². The minimum Gasteiger partial charge on any atom is -0.468 e. The van der Waals surface area contributed by atoms with Gasteiger partial charge < -0.3 is 15.4 Å². The molecule has 226 valence electrons. The topological polar surface area (TPSA) is 145 Å². The number of methoxy groups -OCH3 is 1. The van der Waals surface area contributed by atoms with Crippen LogP contribution < -0.4 is 10.6 Å². The van der Waals surface area contributed by atoms with E-state index in [1.807, 2.05) is 6.92 Å². The summed E-state index contributed by atoms with van der Waals surface area (Å²) in [6, 6.07) is 18.9. The van der Waals surface area contributed by atoms with Gasteiger partial charge in [-0.25, -0.2) is 4.21 Å². The molecule has 0 radical (unpaired) electrons. The van der Waals surface area contributed by atoms with Gasteiger partial charge in [0.15, 0.2) is 0 Å². The van der Waals surface area contributed by atoms with E-state index >= 15 is 0 Å². The van der Waals surface area contributed by atoms with Crippen LogP contribution in [-0.4, -0.2) is 62.7 Å². The monoisotopic (exact) mass is 612 g/mol. The van der Waals surface area contributed by atoms with Crippen molar-refractivity contribution in [3.63, 3.8) is 0 Å². The molecule has 0 aliphatic rings. The molecule has 2 aromatic carbocycles. The molecule has 2 heterocycles. The summed E-state index contributed by atoms with van der Waals surface area (Å²) < 4.78 is 24.2. The molecule has 0 fully saturated rings. The SMILES string of the molecule is COC(=O)CNCCCS(=O)(=NC(=O)c1cncc(C#Cc2cccc(NC(=O)c3cc(C)nn3C)c2)c1)c1ccccc1. The summed E-state index contributed by atoms with van der Waals surface area (Å²) in [6.45, 7) is 2.24. The van der Waals surface area contributed by atoms with Crippen molar-refractivity contribution < 1.29 is 23.3 Å². The number of amides is 2. The number of aromatic nitrogens is 3. The van der Waals surface area contributed by atoms with Gasteiger partial charge in [-0.05, 0) is 62.4 Å². The number of rotatable bonds is 10. The molecule has 0 saturated heterocycles. The Morgan fingerprint density at radius 1 is 1.00 bits per heavy atom. The zero-order valence-electron chi connectivity index (χ0n) is 24.6. The fourth-order valence-electron chi connectivity index (χ4n) is 4.15. The molecule has 2 amide bonds. The number of nitrogens with one attached hydrogen (secondary N) is 2. The number of anilines is 1. The second-order valence-electron chi connectivity index (χ2n) is 9.70. The van der Waals surface area contributed by atoms with Crippen molar-refractivity contribution in [2.45, 2.75) is 18.2 Å². The first-order chi connectivity index (χ1) is 21.2. The fraction of sp³-hybridized carbons (Fsp3) is 0.219. The number of aryl methyl sites for hydroxylation is 2. The van der Waals surface area contributed by atoms with Crippen LogP contribution in [0.5, 0.6) is 0 Å². The number of esters is 1. The Morgan fingerprint density at radius 2 is 1.77 bits per heavy atom. The van der Waals surface area contributed by atoms with Gasteiger partial charge in [0.2, 0.25) is 0 Å². The first kappa shape index (κ1) is 31.8. The number of hydrogen-bond acceptors (Lipinski definition) is 8. The second kappa shape index (κ2) is 14.9. The van der Waals surface area contributed by atoms with E-state index in [9.17, 15) is 18.6 Å². The Hall–Kier alpha value is -5.12. The molecule has 0 aliphatic carbocycles. The Labute approximate surface area is 256 Å². The molecule has 44 heavy (non-hydrogen) atoms. The largest absolute Gasteiger partial charge is 0.468 e. The highest BCUT2D eigenvalue weighted by molar-refractivity contribution is 7.94. The predicted molar refractivity (Wildman–Crippen MR) is 167 cm³/mol. The minimum absolute atomic E-state index is 0.0303. The van der Waals surface area contributed by atoms with Crippen molar-refractivity contribution in [3.8, 4) is 11.8 Å². The molecule has 11 nitrogen and oxygen atoms in total. The molecule has 0 aliphatic heterocycles. The average Bonchev–Trinajstić information content (AvgIpc) is 3.38. The molecule has 12 heteroatoms. The number of pyridine rings is 1. The third-order valence-electron chi connectivity index (χ3n) is 6.30. The molecule has 4 rings (SSSR count). The van der Waals surface area contributed by atoms with Gasteiger partial charge in [-0.2, -0.15) is 9.46 Å². The number of hydrogen-bond donors (Lipinski definition) is 2. The van der Waals surface area contributed by atoms with Crippen molar-refractivity contribution in [1.29, 1.82) is 0 Å². The maximum Gasteiger partial charge on any atom is 0.319 e. The smallest absolute Gasteiger partial charge is 0.319 e. The van der Waals surface area contributed by atoms with Crippen LogP contribution >= 0.6 is 0 Å². The Balaban J connectivity index is 1.50. The number of carbonyl (C=O) groups excluding carboxylic acids is 3. The van der Waals surface area contributed by atoms with Crippen LogP contribution in [0, 0.1) is 18.8 Å². The normalized spacial score (nSPS) is 11.9. The van der Waals surface area contributed by atoms with Gasteiger partial charge in [0.25, 0.3) is 11.8 Å². The number of ether oxygens (including phenoxy) is 1. The molecular formula is C32H32N6O5S. The molecule has 0 spiro atoms. The third-order valence-corrected chi connectivity index (χ3v) is 8.62. The van der Waals surface area contributed by atoms with Crippen molar-refractivity contribution >= 4 is 33.2 Å². The zero-order chi connectivity index (χ0) is 31.5. The van der Waals surface area contributed by atoms with Gasteiger partial charge in [0.1, 0.15) is 5.69 Å². The molecular weight excluding hydrogens is 580 g/mol. The van der Waals surface area contributed by atoms with Crippen LogP contribution in [0.3, 0.4) is 0 Å². The zero-order valence-corrected chi connectivity index (χ0v) is 25.4. The first-order valence-corrected chi connectivity index (χ1v) is 15.4.